The molecule has 1 heterocycles. The molecular weight excluding hydrogens is 301 g/mol. The summed E-state index contributed by atoms with van der Waals surface area (Å²) in [4.78, 5) is 14.9. The number of H-pyrrole nitrogens is 1. The van der Waals surface area contributed by atoms with Gasteiger partial charge in [0.15, 0.2) is 4.77 Å². The Morgan fingerprint density at radius 1 is 1.50 bits per heavy atom. The summed E-state index contributed by atoms with van der Waals surface area (Å²) in [5.41, 5.74) is 0.783. The Bertz CT molecular complexity index is 730. The summed E-state index contributed by atoms with van der Waals surface area (Å²) in [6.45, 7) is 5.69. The highest BCUT2D eigenvalue weighted by Gasteiger charge is 2.16. The van der Waals surface area contributed by atoms with Crippen LogP contribution in [0.5, 0.6) is 0 Å². The van der Waals surface area contributed by atoms with Gasteiger partial charge in [0.05, 0.1) is 16.1 Å². The van der Waals surface area contributed by atoms with E-state index in [1.54, 1.807) is 4.57 Å². The molecule has 0 unspecified atom stereocenters. The Morgan fingerprint density at radius 2 is 2.15 bits per heavy atom. The molecule has 7 heteroatoms. The number of hydrogen-bond donors (Lipinski definition) is 2. The maximum Gasteiger partial charge on any atom is 0.240 e. The number of hydrogen-bond acceptors (Lipinski definition) is 2. The van der Waals surface area contributed by atoms with E-state index in [0.29, 0.717) is 15.8 Å². The maximum atomic E-state index is 13.6. The van der Waals surface area contributed by atoms with Crippen LogP contribution in [0.2, 0.25) is 5.02 Å². The van der Waals surface area contributed by atoms with Gasteiger partial charge in [0.2, 0.25) is 5.91 Å². The molecule has 0 aliphatic carbocycles. The molecule has 20 heavy (non-hydrogen) atoms. The molecule has 108 valence electrons. The van der Waals surface area contributed by atoms with Gasteiger partial charge in [0, 0.05) is 11.6 Å². The van der Waals surface area contributed by atoms with Crippen molar-refractivity contribution >= 4 is 40.8 Å². The lowest BCUT2D eigenvalue weighted by Gasteiger charge is -2.20. The number of amides is 1. The zero-order chi connectivity index (χ0) is 15.1. The molecule has 0 aliphatic heterocycles. The van der Waals surface area contributed by atoms with E-state index in [1.807, 2.05) is 20.8 Å². The van der Waals surface area contributed by atoms with Crippen molar-refractivity contribution in [3.05, 3.63) is 27.7 Å². The van der Waals surface area contributed by atoms with E-state index in [2.05, 4.69) is 10.3 Å². The lowest BCUT2D eigenvalue weighted by molar-refractivity contribution is -0.123. The number of aromatic nitrogens is 2. The summed E-state index contributed by atoms with van der Waals surface area (Å²) in [5.74, 6) is -0.733. The van der Waals surface area contributed by atoms with E-state index in [-0.39, 0.29) is 23.0 Å². The highest BCUT2D eigenvalue weighted by Crippen LogP contribution is 2.22. The predicted molar refractivity (Wildman–Crippen MR) is 80.0 cm³/mol. The van der Waals surface area contributed by atoms with Crippen LogP contribution in [0, 0.1) is 10.6 Å². The number of benzene rings is 1. The fraction of sp³-hybridized carbons (Fsp3) is 0.385. The number of rotatable bonds is 2. The van der Waals surface area contributed by atoms with Gasteiger partial charge in [0.25, 0.3) is 0 Å². The molecule has 2 aromatic rings. The second kappa shape index (κ2) is 5.18. The standard InChI is InChI=1S/C13H15ClFN3OS/c1-13(2,3)17-11(19)6-18-10-5-8(15)7(14)4-9(10)16-12(18)20/h4-5H,6H2,1-3H3,(H,16,20)(H,17,19). The van der Waals surface area contributed by atoms with Crippen LogP contribution in [0.4, 0.5) is 4.39 Å². The summed E-state index contributed by atoms with van der Waals surface area (Å²) in [5, 5.41) is 2.85. The van der Waals surface area contributed by atoms with Gasteiger partial charge in [-0.15, -0.1) is 0 Å². The average molecular weight is 316 g/mol. The van der Waals surface area contributed by atoms with Crippen molar-refractivity contribution in [1.29, 1.82) is 0 Å². The number of aromatic amines is 1. The van der Waals surface area contributed by atoms with Crippen LogP contribution in [-0.2, 0) is 11.3 Å². The van der Waals surface area contributed by atoms with E-state index < -0.39 is 5.82 Å². The normalized spacial score (nSPS) is 11.8. The Labute approximate surface area is 125 Å². The van der Waals surface area contributed by atoms with Crippen molar-refractivity contribution in [2.75, 3.05) is 0 Å². The number of fused-ring (bicyclic) bond motifs is 1. The molecule has 0 bridgehead atoms. The zero-order valence-electron chi connectivity index (χ0n) is 11.4. The summed E-state index contributed by atoms with van der Waals surface area (Å²) in [6, 6.07) is 2.73. The quantitative estimate of drug-likeness (QED) is 0.834. The Balaban J connectivity index is 2.40. The van der Waals surface area contributed by atoms with Crippen molar-refractivity contribution in [1.82, 2.24) is 14.9 Å². The van der Waals surface area contributed by atoms with Crippen LogP contribution < -0.4 is 5.32 Å². The molecule has 1 aromatic carbocycles. The van der Waals surface area contributed by atoms with Gasteiger partial charge in [0.1, 0.15) is 12.4 Å². The maximum absolute atomic E-state index is 13.6. The molecule has 0 saturated carbocycles. The third kappa shape index (κ3) is 3.19. The van der Waals surface area contributed by atoms with Gasteiger partial charge in [-0.3, -0.25) is 4.79 Å². The van der Waals surface area contributed by atoms with Gasteiger partial charge in [-0.1, -0.05) is 11.6 Å². The van der Waals surface area contributed by atoms with Gasteiger partial charge < -0.3 is 14.9 Å². The molecule has 0 fully saturated rings. The highest BCUT2D eigenvalue weighted by molar-refractivity contribution is 7.71. The van der Waals surface area contributed by atoms with Crippen molar-refractivity contribution in [3.8, 4) is 0 Å². The van der Waals surface area contributed by atoms with Crippen molar-refractivity contribution in [2.45, 2.75) is 32.9 Å². The fourth-order valence-electron chi connectivity index (χ4n) is 1.91. The van der Waals surface area contributed by atoms with E-state index in [4.69, 9.17) is 23.8 Å². The first kappa shape index (κ1) is 15.0. The summed E-state index contributed by atoms with van der Waals surface area (Å²) in [7, 11) is 0. The molecule has 0 aliphatic rings. The Hall–Kier alpha value is -1.40. The van der Waals surface area contributed by atoms with Crippen LogP contribution in [0.15, 0.2) is 12.1 Å². The number of carbonyl (C=O) groups is 1. The molecule has 0 radical (unpaired) electrons. The van der Waals surface area contributed by atoms with Gasteiger partial charge in [-0.25, -0.2) is 4.39 Å². The first-order chi connectivity index (χ1) is 9.17. The van der Waals surface area contributed by atoms with Crippen molar-refractivity contribution in [2.24, 2.45) is 0 Å². The minimum Gasteiger partial charge on any atom is -0.350 e. The first-order valence-electron chi connectivity index (χ1n) is 6.06. The number of nitrogens with one attached hydrogen (secondary N) is 2. The monoisotopic (exact) mass is 315 g/mol. The molecule has 0 spiro atoms. The van der Waals surface area contributed by atoms with Crippen molar-refractivity contribution in [3.63, 3.8) is 0 Å². The van der Waals surface area contributed by atoms with Crippen LogP contribution in [0.25, 0.3) is 11.0 Å². The van der Waals surface area contributed by atoms with Gasteiger partial charge in [-0.05, 0) is 39.1 Å². The molecule has 1 aromatic heterocycles. The highest BCUT2D eigenvalue weighted by atomic mass is 35.5. The molecule has 0 saturated heterocycles. The lowest BCUT2D eigenvalue weighted by Crippen LogP contribution is -2.42. The predicted octanol–water partition coefficient (Wildman–Crippen LogP) is 3.41. The van der Waals surface area contributed by atoms with Crippen molar-refractivity contribution < 1.29 is 9.18 Å². The second-order valence-corrected chi connectivity index (χ2v) is 6.39. The summed E-state index contributed by atoms with van der Waals surface area (Å²) < 4.78 is 15.5. The van der Waals surface area contributed by atoms with Gasteiger partial charge in [-0.2, -0.15) is 0 Å². The first-order valence-corrected chi connectivity index (χ1v) is 6.84. The topological polar surface area (TPSA) is 49.8 Å². The van der Waals surface area contributed by atoms with Gasteiger partial charge >= 0.3 is 0 Å². The largest absolute Gasteiger partial charge is 0.350 e. The third-order valence-corrected chi connectivity index (χ3v) is 3.24. The van der Waals surface area contributed by atoms with E-state index >= 15 is 0 Å². The number of halogens is 2. The molecule has 2 N–H and O–H groups in total. The third-order valence-electron chi connectivity index (χ3n) is 2.63. The molecule has 1 amide bonds. The van der Waals surface area contributed by atoms with Crippen LogP contribution >= 0.6 is 23.8 Å². The molecule has 2 rings (SSSR count). The minimum absolute atomic E-state index is 0.0139. The summed E-state index contributed by atoms with van der Waals surface area (Å²) in [6.07, 6.45) is 0. The summed E-state index contributed by atoms with van der Waals surface area (Å²) >= 11 is 10.9. The Kier molecular flexibility index (Phi) is 3.88. The lowest BCUT2D eigenvalue weighted by atomic mass is 10.1. The number of carbonyl (C=O) groups excluding carboxylic acids is 1. The average Bonchev–Trinajstić information content (AvgIpc) is 2.54. The number of nitrogens with zero attached hydrogens (tertiary/aromatic N) is 1. The van der Waals surface area contributed by atoms with Crippen LogP contribution in [0.3, 0.4) is 0 Å². The smallest absolute Gasteiger partial charge is 0.240 e. The zero-order valence-corrected chi connectivity index (χ0v) is 13.0. The van der Waals surface area contributed by atoms with Crippen LogP contribution in [-0.4, -0.2) is 21.0 Å². The minimum atomic E-state index is -0.543. The molecular formula is C13H15ClFN3OS. The van der Waals surface area contributed by atoms with E-state index in [0.717, 1.165) is 0 Å². The Morgan fingerprint density at radius 3 is 2.75 bits per heavy atom. The second-order valence-electron chi connectivity index (χ2n) is 5.60. The molecule has 0 atom stereocenters. The number of imidazole rings is 1. The SMILES string of the molecule is CC(C)(C)NC(=O)Cn1c(=S)[nH]c2cc(Cl)c(F)cc21. The van der Waals surface area contributed by atoms with Crippen LogP contribution in [0.1, 0.15) is 20.8 Å². The van der Waals surface area contributed by atoms with E-state index in [1.165, 1.54) is 12.1 Å². The van der Waals surface area contributed by atoms with E-state index in [9.17, 15) is 9.18 Å². The fourth-order valence-corrected chi connectivity index (χ4v) is 2.35. The molecule has 4 nitrogen and oxygen atoms in total.